The summed E-state index contributed by atoms with van der Waals surface area (Å²) in [5, 5.41) is 14.0. The molecule has 0 spiro atoms. The van der Waals surface area contributed by atoms with Gasteiger partial charge in [-0.15, -0.1) is 12.4 Å². The van der Waals surface area contributed by atoms with Gasteiger partial charge < -0.3 is 15.0 Å². The minimum absolute atomic E-state index is 0. The van der Waals surface area contributed by atoms with Gasteiger partial charge in [-0.3, -0.25) is 14.9 Å². The highest BCUT2D eigenvalue weighted by molar-refractivity contribution is 7.89. The summed E-state index contributed by atoms with van der Waals surface area (Å²) in [6.45, 7) is 2.41. The smallest absolute Gasteiger partial charge is 0.270 e. The van der Waals surface area contributed by atoms with Gasteiger partial charge in [-0.2, -0.15) is 4.31 Å². The quantitative estimate of drug-likeness (QED) is 0.530. The molecule has 1 amide bonds. The van der Waals surface area contributed by atoms with Crippen molar-refractivity contribution >= 4 is 34.0 Å². The number of nitro benzene ring substituents is 1. The van der Waals surface area contributed by atoms with Gasteiger partial charge in [0.15, 0.2) is 0 Å². The highest BCUT2D eigenvalue weighted by atomic mass is 35.5. The molecule has 150 valence electrons. The SMILES string of the molecule is Cl.O=C(C1CNCCO1)N1CCN(S(=O)(=O)c2cccc([N+](=O)[O-])c2)CC1. The molecule has 0 aromatic heterocycles. The maximum atomic E-state index is 12.7. The van der Waals surface area contributed by atoms with E-state index in [4.69, 9.17) is 4.74 Å². The molecule has 0 aliphatic carbocycles. The van der Waals surface area contributed by atoms with E-state index in [-0.39, 0.29) is 55.1 Å². The van der Waals surface area contributed by atoms with Crippen LogP contribution >= 0.6 is 12.4 Å². The molecule has 1 N–H and O–H groups in total. The number of carbonyl (C=O) groups excluding carboxylic acids is 1. The van der Waals surface area contributed by atoms with Crippen molar-refractivity contribution < 1.29 is 22.9 Å². The molecule has 2 fully saturated rings. The first-order chi connectivity index (χ1) is 12.4. The summed E-state index contributed by atoms with van der Waals surface area (Å²) >= 11 is 0. The molecule has 1 aromatic carbocycles. The Hall–Kier alpha value is -1.79. The molecule has 0 saturated carbocycles. The second kappa shape index (κ2) is 8.93. The third-order valence-corrected chi connectivity index (χ3v) is 6.31. The van der Waals surface area contributed by atoms with Crippen LogP contribution in [0.5, 0.6) is 0 Å². The lowest BCUT2D eigenvalue weighted by Crippen LogP contribution is -2.55. The third-order valence-electron chi connectivity index (χ3n) is 4.42. The summed E-state index contributed by atoms with van der Waals surface area (Å²) in [5.41, 5.74) is -0.276. The average Bonchev–Trinajstić information content (AvgIpc) is 2.68. The van der Waals surface area contributed by atoms with Crippen LogP contribution in [-0.2, 0) is 19.6 Å². The Balaban J connectivity index is 0.00000261. The second-order valence-corrected chi connectivity index (χ2v) is 7.99. The van der Waals surface area contributed by atoms with Crippen molar-refractivity contribution in [1.82, 2.24) is 14.5 Å². The van der Waals surface area contributed by atoms with Gasteiger partial charge in [0.25, 0.3) is 11.6 Å². The van der Waals surface area contributed by atoms with Crippen molar-refractivity contribution in [1.29, 1.82) is 0 Å². The Morgan fingerprint density at radius 2 is 1.96 bits per heavy atom. The number of benzene rings is 1. The fourth-order valence-corrected chi connectivity index (χ4v) is 4.45. The van der Waals surface area contributed by atoms with Crippen LogP contribution in [0.1, 0.15) is 0 Å². The van der Waals surface area contributed by atoms with Crippen molar-refractivity contribution in [3.63, 3.8) is 0 Å². The maximum absolute atomic E-state index is 12.7. The molecule has 0 radical (unpaired) electrons. The van der Waals surface area contributed by atoms with Gasteiger partial charge in [-0.25, -0.2) is 8.42 Å². The second-order valence-electron chi connectivity index (χ2n) is 6.05. The summed E-state index contributed by atoms with van der Waals surface area (Å²) in [6.07, 6.45) is -0.538. The van der Waals surface area contributed by atoms with Crippen LogP contribution in [0.25, 0.3) is 0 Å². The van der Waals surface area contributed by atoms with Crippen LogP contribution in [0.15, 0.2) is 29.2 Å². The van der Waals surface area contributed by atoms with Gasteiger partial charge in [0.1, 0.15) is 6.10 Å². The van der Waals surface area contributed by atoms with E-state index in [9.17, 15) is 23.3 Å². The van der Waals surface area contributed by atoms with E-state index in [1.165, 1.54) is 22.5 Å². The number of non-ortho nitro benzene ring substituents is 1. The predicted molar refractivity (Wildman–Crippen MR) is 98.3 cm³/mol. The maximum Gasteiger partial charge on any atom is 0.270 e. The zero-order valence-corrected chi connectivity index (χ0v) is 16.1. The fourth-order valence-electron chi connectivity index (χ4n) is 2.98. The molecule has 12 heteroatoms. The Labute approximate surface area is 163 Å². The van der Waals surface area contributed by atoms with Gasteiger partial charge in [-0.1, -0.05) is 6.07 Å². The van der Waals surface area contributed by atoms with E-state index in [0.29, 0.717) is 19.7 Å². The zero-order chi connectivity index (χ0) is 18.7. The lowest BCUT2D eigenvalue weighted by atomic mass is 10.2. The summed E-state index contributed by atoms with van der Waals surface area (Å²) < 4.78 is 32.1. The molecule has 2 aliphatic rings. The van der Waals surface area contributed by atoms with Crippen molar-refractivity contribution in [2.75, 3.05) is 45.9 Å². The standard InChI is InChI=1S/C15H20N4O6S.ClH/c20-15(14-11-16-4-9-25-14)17-5-7-18(8-6-17)26(23,24)13-3-1-2-12(10-13)19(21)22;/h1-3,10,14,16H,4-9,11H2;1H. The van der Waals surface area contributed by atoms with E-state index in [1.807, 2.05) is 0 Å². The van der Waals surface area contributed by atoms with Crippen molar-refractivity contribution in [3.05, 3.63) is 34.4 Å². The van der Waals surface area contributed by atoms with Crippen LogP contribution in [-0.4, -0.2) is 80.4 Å². The van der Waals surface area contributed by atoms with Crippen molar-refractivity contribution in [2.24, 2.45) is 0 Å². The summed E-state index contributed by atoms with van der Waals surface area (Å²) in [4.78, 5) is 24.1. The van der Waals surface area contributed by atoms with E-state index in [1.54, 1.807) is 4.90 Å². The van der Waals surface area contributed by atoms with Crippen molar-refractivity contribution in [3.8, 4) is 0 Å². The normalized spacial score (nSPS) is 21.3. The zero-order valence-electron chi connectivity index (χ0n) is 14.4. The number of nitrogens with one attached hydrogen (secondary N) is 1. The minimum Gasteiger partial charge on any atom is -0.366 e. The number of sulfonamides is 1. The molecule has 3 rings (SSSR count). The predicted octanol–water partition coefficient (Wildman–Crippen LogP) is -0.162. The van der Waals surface area contributed by atoms with E-state index < -0.39 is 21.1 Å². The van der Waals surface area contributed by atoms with Gasteiger partial charge in [-0.05, 0) is 6.07 Å². The van der Waals surface area contributed by atoms with Crippen LogP contribution < -0.4 is 5.32 Å². The van der Waals surface area contributed by atoms with Gasteiger partial charge >= 0.3 is 0 Å². The van der Waals surface area contributed by atoms with Gasteiger partial charge in [0, 0.05) is 51.4 Å². The highest BCUT2D eigenvalue weighted by Crippen LogP contribution is 2.22. The van der Waals surface area contributed by atoms with E-state index >= 15 is 0 Å². The molecule has 1 unspecified atom stereocenters. The number of hydrogen-bond acceptors (Lipinski definition) is 7. The number of carbonyl (C=O) groups is 1. The number of nitrogens with zero attached hydrogens (tertiary/aromatic N) is 3. The fraction of sp³-hybridized carbons (Fsp3) is 0.533. The Morgan fingerprint density at radius 3 is 2.56 bits per heavy atom. The minimum atomic E-state index is -3.84. The van der Waals surface area contributed by atoms with E-state index in [2.05, 4.69) is 5.32 Å². The van der Waals surface area contributed by atoms with Gasteiger partial charge in [0.2, 0.25) is 10.0 Å². The number of morpholine rings is 1. The molecule has 2 saturated heterocycles. The highest BCUT2D eigenvalue weighted by Gasteiger charge is 2.33. The molecule has 10 nitrogen and oxygen atoms in total. The molecule has 0 bridgehead atoms. The number of ether oxygens (including phenoxy) is 1. The topological polar surface area (TPSA) is 122 Å². The lowest BCUT2D eigenvalue weighted by Gasteiger charge is -2.36. The molecule has 27 heavy (non-hydrogen) atoms. The van der Waals surface area contributed by atoms with Gasteiger partial charge in [0.05, 0.1) is 16.4 Å². The number of amides is 1. The van der Waals surface area contributed by atoms with Crippen LogP contribution in [0, 0.1) is 10.1 Å². The number of hydrogen-bond donors (Lipinski definition) is 1. The molecular formula is C15H21ClN4O6S. The largest absolute Gasteiger partial charge is 0.366 e. The van der Waals surface area contributed by atoms with Crippen molar-refractivity contribution in [2.45, 2.75) is 11.0 Å². The van der Waals surface area contributed by atoms with Crippen LogP contribution in [0.3, 0.4) is 0 Å². The Kier molecular flexibility index (Phi) is 7.12. The first kappa shape index (κ1) is 21.5. The number of halogens is 1. The molecule has 2 aliphatic heterocycles. The summed E-state index contributed by atoms with van der Waals surface area (Å²) in [6, 6.07) is 4.97. The first-order valence-electron chi connectivity index (χ1n) is 8.25. The number of piperazine rings is 1. The first-order valence-corrected chi connectivity index (χ1v) is 9.69. The molecule has 2 heterocycles. The van der Waals surface area contributed by atoms with Crippen LogP contribution in [0.4, 0.5) is 5.69 Å². The number of rotatable bonds is 4. The summed E-state index contributed by atoms with van der Waals surface area (Å²) in [7, 11) is -3.84. The molecular weight excluding hydrogens is 400 g/mol. The molecule has 1 atom stereocenters. The van der Waals surface area contributed by atoms with Crippen LogP contribution in [0.2, 0.25) is 0 Å². The summed E-state index contributed by atoms with van der Waals surface area (Å²) in [5.74, 6) is -0.149. The Morgan fingerprint density at radius 1 is 1.26 bits per heavy atom. The van der Waals surface area contributed by atoms with E-state index in [0.717, 1.165) is 6.07 Å². The Bertz CT molecular complexity index is 791. The lowest BCUT2D eigenvalue weighted by molar-refractivity contribution is -0.385. The number of nitro groups is 1. The third kappa shape index (κ3) is 4.74. The monoisotopic (exact) mass is 420 g/mol. The molecule has 1 aromatic rings. The average molecular weight is 421 g/mol.